The summed E-state index contributed by atoms with van der Waals surface area (Å²) >= 11 is 0. The van der Waals surface area contributed by atoms with Gasteiger partial charge in [0.2, 0.25) is 10.0 Å². The van der Waals surface area contributed by atoms with Gasteiger partial charge in [-0.2, -0.15) is 4.98 Å². The lowest BCUT2D eigenvalue weighted by atomic mass is 10.2. The molecule has 2 heterocycles. The van der Waals surface area contributed by atoms with E-state index in [1.54, 1.807) is 12.1 Å². The van der Waals surface area contributed by atoms with E-state index >= 15 is 0 Å². The molecule has 1 aromatic carbocycles. The van der Waals surface area contributed by atoms with E-state index in [9.17, 15) is 8.42 Å². The van der Waals surface area contributed by atoms with Crippen molar-refractivity contribution in [3.63, 3.8) is 0 Å². The minimum absolute atomic E-state index is 0.00714. The van der Waals surface area contributed by atoms with Crippen LogP contribution in [-0.4, -0.2) is 63.3 Å². The van der Waals surface area contributed by atoms with Gasteiger partial charge in [0.15, 0.2) is 5.82 Å². The van der Waals surface area contributed by atoms with Crippen LogP contribution in [0.5, 0.6) is 5.75 Å². The Labute approximate surface area is 158 Å². The van der Waals surface area contributed by atoms with Crippen molar-refractivity contribution in [3.05, 3.63) is 24.0 Å². The first-order chi connectivity index (χ1) is 13.0. The van der Waals surface area contributed by atoms with Crippen molar-refractivity contribution in [2.45, 2.75) is 29.8 Å². The third kappa shape index (κ3) is 3.84. The molecule has 0 amide bonds. The average molecular weight is 393 g/mol. The number of hydrogen-bond donors (Lipinski definition) is 2. The molecule has 2 fully saturated rings. The van der Waals surface area contributed by atoms with Crippen LogP contribution in [0.2, 0.25) is 0 Å². The number of aromatic nitrogens is 2. The predicted octanol–water partition coefficient (Wildman–Crippen LogP) is 0.762. The number of sulfonamides is 1. The van der Waals surface area contributed by atoms with Crippen LogP contribution in [0.3, 0.4) is 0 Å². The summed E-state index contributed by atoms with van der Waals surface area (Å²) < 4.78 is 38.7. The first-order valence-electron chi connectivity index (χ1n) is 8.93. The van der Waals surface area contributed by atoms with Crippen LogP contribution >= 0.6 is 0 Å². The van der Waals surface area contributed by atoms with Gasteiger partial charge in [-0.25, -0.2) is 13.1 Å². The van der Waals surface area contributed by atoms with E-state index in [2.05, 4.69) is 25.1 Å². The van der Waals surface area contributed by atoms with Gasteiger partial charge >= 0.3 is 0 Å². The van der Waals surface area contributed by atoms with Gasteiger partial charge in [0.1, 0.15) is 10.6 Å². The van der Waals surface area contributed by atoms with Crippen molar-refractivity contribution in [2.24, 2.45) is 0 Å². The lowest BCUT2D eigenvalue weighted by Gasteiger charge is -2.30. The molecule has 2 N–H and O–H groups in total. The summed E-state index contributed by atoms with van der Waals surface area (Å²) in [4.78, 5) is 6.73. The number of benzene rings is 1. The zero-order valence-corrected chi connectivity index (χ0v) is 16.1. The summed E-state index contributed by atoms with van der Waals surface area (Å²) in [6.07, 6.45) is 1.72. The molecule has 1 unspecified atom stereocenters. The molecule has 1 aromatic heterocycles. The summed E-state index contributed by atoms with van der Waals surface area (Å²) in [6.45, 7) is 2.56. The fraction of sp³-hybridized carbons (Fsp3) is 0.529. The number of nitrogens with zero attached hydrogens (tertiary/aromatic N) is 3. The van der Waals surface area contributed by atoms with Crippen LogP contribution in [0.25, 0.3) is 11.5 Å². The molecule has 1 aliphatic heterocycles. The molecule has 9 nitrogen and oxygen atoms in total. The van der Waals surface area contributed by atoms with E-state index in [0.29, 0.717) is 11.4 Å². The van der Waals surface area contributed by atoms with E-state index in [-0.39, 0.29) is 28.6 Å². The summed E-state index contributed by atoms with van der Waals surface area (Å²) in [5.74, 6) is 1.15. The molecule has 0 spiro atoms. The molecule has 10 heteroatoms. The normalized spacial score (nSPS) is 21.3. The molecule has 0 bridgehead atoms. The van der Waals surface area contributed by atoms with E-state index in [4.69, 9.17) is 9.26 Å². The molecule has 1 aliphatic carbocycles. The van der Waals surface area contributed by atoms with Crippen LogP contribution in [0.15, 0.2) is 27.6 Å². The minimum Gasteiger partial charge on any atom is -0.495 e. The van der Waals surface area contributed by atoms with Crippen LogP contribution < -0.4 is 14.8 Å². The van der Waals surface area contributed by atoms with Gasteiger partial charge in [-0.3, -0.25) is 4.90 Å². The van der Waals surface area contributed by atoms with E-state index < -0.39 is 10.0 Å². The summed E-state index contributed by atoms with van der Waals surface area (Å²) in [5.41, 5.74) is 0.539. The van der Waals surface area contributed by atoms with Crippen LogP contribution in [0, 0.1) is 0 Å². The first kappa shape index (κ1) is 18.4. The second-order valence-corrected chi connectivity index (χ2v) is 8.60. The molecule has 1 saturated carbocycles. The number of rotatable bonds is 6. The molecule has 27 heavy (non-hydrogen) atoms. The lowest BCUT2D eigenvalue weighted by Crippen LogP contribution is -2.44. The molecule has 2 aliphatic rings. The number of piperazine rings is 1. The Kier molecular flexibility index (Phi) is 4.89. The summed E-state index contributed by atoms with van der Waals surface area (Å²) in [5, 5.41) is 7.41. The highest BCUT2D eigenvalue weighted by Gasteiger charge is 2.31. The summed E-state index contributed by atoms with van der Waals surface area (Å²) in [6, 6.07) is 4.87. The Hall–Kier alpha value is -2.01. The fourth-order valence-electron chi connectivity index (χ4n) is 3.09. The van der Waals surface area contributed by atoms with Crippen molar-refractivity contribution in [1.29, 1.82) is 0 Å². The van der Waals surface area contributed by atoms with Gasteiger partial charge < -0.3 is 14.6 Å². The van der Waals surface area contributed by atoms with Crippen molar-refractivity contribution in [2.75, 3.05) is 33.8 Å². The number of nitrogens with one attached hydrogen (secondary N) is 2. The maximum Gasteiger partial charge on any atom is 0.258 e. The smallest absolute Gasteiger partial charge is 0.258 e. The molecule has 2 aromatic rings. The molecule has 4 rings (SSSR count). The van der Waals surface area contributed by atoms with Gasteiger partial charge in [-0.1, -0.05) is 5.16 Å². The number of likely N-dealkylation sites (N-methyl/N-ethyl adjacent to an activating group) is 1. The standard InChI is InChI=1S/C17H23N5O4S/c1-22-8-7-18-10-13(22)16-19-17(26-20-16)11-3-6-14(25-2)15(9-11)27(23,24)21-12-4-5-12/h3,6,9,12-13,18,21H,4-5,7-8,10H2,1-2H3. The Morgan fingerprint density at radius 2 is 2.19 bits per heavy atom. The zero-order valence-electron chi connectivity index (χ0n) is 15.3. The van der Waals surface area contributed by atoms with Crippen molar-refractivity contribution in [1.82, 2.24) is 25.1 Å². The monoisotopic (exact) mass is 393 g/mol. The maximum absolute atomic E-state index is 12.7. The molecule has 0 radical (unpaired) electrons. The second kappa shape index (κ2) is 7.19. The first-order valence-corrected chi connectivity index (χ1v) is 10.4. The molecule has 1 atom stereocenters. The Bertz CT molecular complexity index is 925. The number of hydrogen-bond acceptors (Lipinski definition) is 8. The maximum atomic E-state index is 12.7. The third-order valence-corrected chi connectivity index (χ3v) is 6.39. The molecule has 146 valence electrons. The quantitative estimate of drug-likeness (QED) is 0.740. The van der Waals surface area contributed by atoms with Crippen LogP contribution in [-0.2, 0) is 10.0 Å². The highest BCUT2D eigenvalue weighted by molar-refractivity contribution is 7.89. The predicted molar refractivity (Wildman–Crippen MR) is 97.9 cm³/mol. The van der Waals surface area contributed by atoms with Gasteiger partial charge in [0, 0.05) is 31.2 Å². The van der Waals surface area contributed by atoms with E-state index in [0.717, 1.165) is 32.5 Å². The average Bonchev–Trinajstić information content (AvgIpc) is 3.32. The van der Waals surface area contributed by atoms with Gasteiger partial charge in [0.05, 0.1) is 13.2 Å². The number of methoxy groups -OCH3 is 1. The molecular weight excluding hydrogens is 370 g/mol. The largest absolute Gasteiger partial charge is 0.495 e. The summed E-state index contributed by atoms with van der Waals surface area (Å²) in [7, 11) is -0.213. The number of ether oxygens (including phenoxy) is 1. The topological polar surface area (TPSA) is 110 Å². The highest BCUT2D eigenvalue weighted by Crippen LogP contribution is 2.32. The lowest BCUT2D eigenvalue weighted by molar-refractivity contribution is 0.190. The second-order valence-electron chi connectivity index (χ2n) is 6.92. The van der Waals surface area contributed by atoms with E-state index in [1.165, 1.54) is 13.2 Å². The van der Waals surface area contributed by atoms with Gasteiger partial charge in [0.25, 0.3) is 5.89 Å². The van der Waals surface area contributed by atoms with Crippen molar-refractivity contribution >= 4 is 10.0 Å². The molecular formula is C17H23N5O4S. The zero-order chi connectivity index (χ0) is 19.0. The van der Waals surface area contributed by atoms with Crippen LogP contribution in [0.1, 0.15) is 24.7 Å². The van der Waals surface area contributed by atoms with E-state index in [1.807, 2.05) is 7.05 Å². The highest BCUT2D eigenvalue weighted by atomic mass is 32.2. The van der Waals surface area contributed by atoms with Gasteiger partial charge in [-0.05, 0) is 38.1 Å². The van der Waals surface area contributed by atoms with Gasteiger partial charge in [-0.15, -0.1) is 0 Å². The fourth-order valence-corrected chi connectivity index (χ4v) is 4.59. The Morgan fingerprint density at radius 1 is 1.37 bits per heavy atom. The molecule has 1 saturated heterocycles. The Morgan fingerprint density at radius 3 is 2.89 bits per heavy atom. The van der Waals surface area contributed by atoms with Crippen LogP contribution in [0.4, 0.5) is 0 Å². The SMILES string of the molecule is COc1ccc(-c2nc(C3CNCCN3C)no2)cc1S(=O)(=O)NC1CC1. The van der Waals surface area contributed by atoms with Crippen molar-refractivity contribution < 1.29 is 17.7 Å². The Balaban J connectivity index is 1.65. The minimum atomic E-state index is -3.68. The van der Waals surface area contributed by atoms with Crippen molar-refractivity contribution in [3.8, 4) is 17.2 Å². The third-order valence-electron chi connectivity index (χ3n) is 4.85.